The Morgan fingerprint density at radius 1 is 1.00 bits per heavy atom. The first kappa shape index (κ1) is 15.9. The molecule has 3 heteroatoms. The van der Waals surface area contributed by atoms with Crippen LogP contribution in [0.4, 0.5) is 5.69 Å². The fourth-order valence-electron chi connectivity index (χ4n) is 3.24. The SMILES string of the molecule is COc1ccccc1NCC1CCN(Cc2ccccc2)CC1. The quantitative estimate of drug-likeness (QED) is 0.872. The Balaban J connectivity index is 1.44. The molecule has 1 aliphatic heterocycles. The van der Waals surface area contributed by atoms with Crippen LogP contribution in [0.15, 0.2) is 54.6 Å². The van der Waals surface area contributed by atoms with Crippen molar-refractivity contribution in [3.63, 3.8) is 0 Å². The number of nitrogens with zero attached hydrogens (tertiary/aromatic N) is 1. The summed E-state index contributed by atoms with van der Waals surface area (Å²) in [4.78, 5) is 2.56. The van der Waals surface area contributed by atoms with Crippen LogP contribution < -0.4 is 10.1 Å². The number of para-hydroxylation sites is 2. The van der Waals surface area contributed by atoms with Gasteiger partial charge >= 0.3 is 0 Å². The lowest BCUT2D eigenvalue weighted by molar-refractivity contribution is 0.182. The standard InChI is InChI=1S/C20H26N2O/c1-23-20-10-6-5-9-19(20)21-15-17-11-13-22(14-12-17)16-18-7-3-2-4-8-18/h2-10,17,21H,11-16H2,1H3. The van der Waals surface area contributed by atoms with Crippen LogP contribution >= 0.6 is 0 Å². The predicted octanol–water partition coefficient (Wildman–Crippen LogP) is 4.02. The smallest absolute Gasteiger partial charge is 0.141 e. The van der Waals surface area contributed by atoms with Crippen LogP contribution in [0.2, 0.25) is 0 Å². The van der Waals surface area contributed by atoms with E-state index in [0.717, 1.165) is 30.4 Å². The van der Waals surface area contributed by atoms with Crippen LogP contribution in [0.1, 0.15) is 18.4 Å². The Kier molecular flexibility index (Phi) is 5.54. The minimum Gasteiger partial charge on any atom is -0.495 e. The summed E-state index contributed by atoms with van der Waals surface area (Å²) in [5.41, 5.74) is 2.51. The molecule has 0 saturated carbocycles. The lowest BCUT2D eigenvalue weighted by Gasteiger charge is -2.32. The van der Waals surface area contributed by atoms with Gasteiger partial charge in [0.15, 0.2) is 0 Å². The van der Waals surface area contributed by atoms with E-state index in [0.29, 0.717) is 0 Å². The summed E-state index contributed by atoms with van der Waals surface area (Å²) in [6, 6.07) is 18.9. The van der Waals surface area contributed by atoms with Gasteiger partial charge in [-0.25, -0.2) is 0 Å². The maximum Gasteiger partial charge on any atom is 0.141 e. The second-order valence-electron chi connectivity index (χ2n) is 6.29. The number of anilines is 1. The second-order valence-corrected chi connectivity index (χ2v) is 6.29. The molecule has 0 unspecified atom stereocenters. The third kappa shape index (κ3) is 4.49. The van der Waals surface area contributed by atoms with Gasteiger partial charge in [0, 0.05) is 13.1 Å². The molecule has 3 rings (SSSR count). The molecule has 1 fully saturated rings. The van der Waals surface area contributed by atoms with Crippen LogP contribution in [-0.2, 0) is 6.54 Å². The van der Waals surface area contributed by atoms with Gasteiger partial charge in [-0.3, -0.25) is 4.90 Å². The number of hydrogen-bond donors (Lipinski definition) is 1. The number of ether oxygens (including phenoxy) is 1. The largest absolute Gasteiger partial charge is 0.495 e. The number of rotatable bonds is 6. The molecule has 2 aromatic carbocycles. The lowest BCUT2D eigenvalue weighted by atomic mass is 9.96. The molecule has 2 aromatic rings. The van der Waals surface area contributed by atoms with Gasteiger partial charge in [-0.2, -0.15) is 0 Å². The third-order valence-electron chi connectivity index (χ3n) is 4.64. The van der Waals surface area contributed by atoms with Gasteiger partial charge in [0.25, 0.3) is 0 Å². The fourth-order valence-corrected chi connectivity index (χ4v) is 3.24. The number of piperidine rings is 1. The van der Waals surface area contributed by atoms with Crippen molar-refractivity contribution in [3.05, 3.63) is 60.2 Å². The summed E-state index contributed by atoms with van der Waals surface area (Å²) in [5, 5.41) is 3.55. The van der Waals surface area contributed by atoms with Gasteiger partial charge in [0.2, 0.25) is 0 Å². The minimum absolute atomic E-state index is 0.743. The number of nitrogens with one attached hydrogen (secondary N) is 1. The maximum absolute atomic E-state index is 5.40. The molecule has 1 saturated heterocycles. The first-order valence-electron chi connectivity index (χ1n) is 8.48. The molecule has 122 valence electrons. The van der Waals surface area contributed by atoms with Crippen molar-refractivity contribution in [2.24, 2.45) is 5.92 Å². The molecule has 23 heavy (non-hydrogen) atoms. The summed E-state index contributed by atoms with van der Waals surface area (Å²) in [6.07, 6.45) is 2.52. The Morgan fingerprint density at radius 2 is 1.70 bits per heavy atom. The van der Waals surface area contributed by atoms with E-state index in [4.69, 9.17) is 4.74 Å². The van der Waals surface area contributed by atoms with Gasteiger partial charge < -0.3 is 10.1 Å². The van der Waals surface area contributed by atoms with E-state index in [2.05, 4.69) is 46.6 Å². The van der Waals surface area contributed by atoms with Crippen LogP contribution in [0.5, 0.6) is 5.75 Å². The Labute approximate surface area is 139 Å². The molecule has 0 aromatic heterocycles. The van der Waals surface area contributed by atoms with E-state index in [1.807, 2.05) is 18.2 Å². The summed E-state index contributed by atoms with van der Waals surface area (Å²) in [7, 11) is 1.72. The highest BCUT2D eigenvalue weighted by Crippen LogP contribution is 2.25. The van der Waals surface area contributed by atoms with E-state index in [1.54, 1.807) is 7.11 Å². The van der Waals surface area contributed by atoms with Crippen molar-refractivity contribution in [1.29, 1.82) is 0 Å². The third-order valence-corrected chi connectivity index (χ3v) is 4.64. The molecule has 0 atom stereocenters. The van der Waals surface area contributed by atoms with Gasteiger partial charge in [-0.1, -0.05) is 42.5 Å². The highest BCUT2D eigenvalue weighted by Gasteiger charge is 2.19. The molecule has 0 bridgehead atoms. The average Bonchev–Trinajstić information content (AvgIpc) is 2.62. The van der Waals surface area contributed by atoms with E-state index < -0.39 is 0 Å². The molecule has 0 aliphatic carbocycles. The van der Waals surface area contributed by atoms with Crippen molar-refractivity contribution >= 4 is 5.69 Å². The summed E-state index contributed by atoms with van der Waals surface area (Å²) >= 11 is 0. The van der Waals surface area contributed by atoms with Crippen molar-refractivity contribution in [2.75, 3.05) is 32.1 Å². The maximum atomic E-state index is 5.40. The molecule has 0 amide bonds. The van der Waals surface area contributed by atoms with Gasteiger partial charge in [0.1, 0.15) is 5.75 Å². The zero-order chi connectivity index (χ0) is 15.9. The first-order chi connectivity index (χ1) is 11.3. The van der Waals surface area contributed by atoms with Crippen LogP contribution in [0.3, 0.4) is 0 Å². The van der Waals surface area contributed by atoms with Crippen molar-refractivity contribution in [3.8, 4) is 5.75 Å². The van der Waals surface area contributed by atoms with Crippen LogP contribution in [0, 0.1) is 5.92 Å². The zero-order valence-corrected chi connectivity index (χ0v) is 13.9. The summed E-state index contributed by atoms with van der Waals surface area (Å²) in [6.45, 7) is 4.48. The number of hydrogen-bond acceptors (Lipinski definition) is 3. The second kappa shape index (κ2) is 8.02. The molecular formula is C20H26N2O. The van der Waals surface area contributed by atoms with Gasteiger partial charge in [-0.05, 0) is 49.5 Å². The molecule has 0 spiro atoms. The number of benzene rings is 2. The van der Waals surface area contributed by atoms with Crippen LogP contribution in [0.25, 0.3) is 0 Å². The number of methoxy groups -OCH3 is 1. The minimum atomic E-state index is 0.743. The fraction of sp³-hybridized carbons (Fsp3) is 0.400. The van der Waals surface area contributed by atoms with Crippen molar-refractivity contribution in [2.45, 2.75) is 19.4 Å². The molecule has 1 heterocycles. The van der Waals surface area contributed by atoms with Crippen molar-refractivity contribution in [1.82, 2.24) is 4.90 Å². The monoisotopic (exact) mass is 310 g/mol. The van der Waals surface area contributed by atoms with Crippen LogP contribution in [-0.4, -0.2) is 31.6 Å². The Bertz CT molecular complexity index is 592. The number of likely N-dealkylation sites (tertiary alicyclic amines) is 1. The average molecular weight is 310 g/mol. The van der Waals surface area contributed by atoms with E-state index in [9.17, 15) is 0 Å². The predicted molar refractivity (Wildman–Crippen MR) is 95.9 cm³/mol. The van der Waals surface area contributed by atoms with E-state index >= 15 is 0 Å². The van der Waals surface area contributed by atoms with E-state index in [1.165, 1.54) is 31.5 Å². The Morgan fingerprint density at radius 3 is 2.43 bits per heavy atom. The van der Waals surface area contributed by atoms with Gasteiger partial charge in [0.05, 0.1) is 12.8 Å². The molecule has 0 radical (unpaired) electrons. The molecule has 3 nitrogen and oxygen atoms in total. The molecular weight excluding hydrogens is 284 g/mol. The highest BCUT2D eigenvalue weighted by atomic mass is 16.5. The summed E-state index contributed by atoms with van der Waals surface area (Å²) in [5.74, 6) is 1.67. The zero-order valence-electron chi connectivity index (χ0n) is 13.9. The van der Waals surface area contributed by atoms with Gasteiger partial charge in [-0.15, -0.1) is 0 Å². The Hall–Kier alpha value is -2.00. The lowest BCUT2D eigenvalue weighted by Crippen LogP contribution is -2.35. The highest BCUT2D eigenvalue weighted by molar-refractivity contribution is 5.56. The molecule has 1 N–H and O–H groups in total. The summed E-state index contributed by atoms with van der Waals surface area (Å²) < 4.78 is 5.40. The van der Waals surface area contributed by atoms with Crippen molar-refractivity contribution < 1.29 is 4.74 Å². The first-order valence-corrected chi connectivity index (χ1v) is 8.48. The molecule has 1 aliphatic rings. The normalized spacial score (nSPS) is 16.2. The van der Waals surface area contributed by atoms with E-state index in [-0.39, 0.29) is 0 Å². The topological polar surface area (TPSA) is 24.5 Å².